The number of carbonyl (C=O) groups is 1. The second kappa shape index (κ2) is 7.36. The van der Waals surface area contributed by atoms with E-state index in [1.165, 1.54) is 12.3 Å². The van der Waals surface area contributed by atoms with Gasteiger partial charge in [-0.1, -0.05) is 18.5 Å². The molecule has 0 aliphatic rings. The highest BCUT2D eigenvalue weighted by Gasteiger charge is 2.25. The van der Waals surface area contributed by atoms with Crippen molar-refractivity contribution in [2.45, 2.75) is 19.3 Å². The Hall–Kier alpha value is -2.86. The van der Waals surface area contributed by atoms with Crippen LogP contribution in [-0.4, -0.2) is 31.4 Å². The Bertz CT molecular complexity index is 907. The maximum atomic E-state index is 12.6. The van der Waals surface area contributed by atoms with E-state index in [1.54, 1.807) is 24.7 Å². The number of H-pyrrole nitrogens is 1. The lowest BCUT2D eigenvalue weighted by Gasteiger charge is -2.13. The highest BCUT2D eigenvalue weighted by Crippen LogP contribution is 2.24. The van der Waals surface area contributed by atoms with Crippen molar-refractivity contribution in [3.05, 3.63) is 65.6 Å². The van der Waals surface area contributed by atoms with Crippen molar-refractivity contribution in [1.29, 1.82) is 5.41 Å². The van der Waals surface area contributed by atoms with E-state index in [9.17, 15) is 4.79 Å². The van der Waals surface area contributed by atoms with Gasteiger partial charge >= 0.3 is 0 Å². The van der Waals surface area contributed by atoms with E-state index >= 15 is 0 Å². The molecule has 3 rings (SSSR count). The molecule has 3 aromatic heterocycles. The SMILES string of the molecule is CCC(C(=N)C(=O)c1ccnc(Cl)c1)c1ncc(-c2cccnc2)[nH]1. The number of aromatic amines is 1. The van der Waals surface area contributed by atoms with Crippen LogP contribution in [0, 0.1) is 5.41 Å². The zero-order valence-electron chi connectivity index (χ0n) is 13.5. The van der Waals surface area contributed by atoms with Gasteiger partial charge in [-0.25, -0.2) is 9.97 Å². The Kier molecular flexibility index (Phi) is 5.00. The van der Waals surface area contributed by atoms with Crippen LogP contribution < -0.4 is 0 Å². The first-order chi connectivity index (χ1) is 12.1. The normalized spacial score (nSPS) is 11.9. The first-order valence-electron chi connectivity index (χ1n) is 7.80. The largest absolute Gasteiger partial charge is 0.341 e. The van der Waals surface area contributed by atoms with Crippen LogP contribution >= 0.6 is 11.6 Å². The Morgan fingerprint density at radius 1 is 1.28 bits per heavy atom. The predicted molar refractivity (Wildman–Crippen MR) is 96.2 cm³/mol. The molecular weight excluding hydrogens is 338 g/mol. The lowest BCUT2D eigenvalue weighted by Crippen LogP contribution is -2.22. The number of ketones is 1. The second-order valence-electron chi connectivity index (χ2n) is 5.49. The third-order valence-corrected chi connectivity index (χ3v) is 4.09. The minimum absolute atomic E-state index is 0.0307. The lowest BCUT2D eigenvalue weighted by atomic mass is 9.93. The van der Waals surface area contributed by atoms with Gasteiger partial charge in [0.2, 0.25) is 5.78 Å². The molecule has 0 saturated heterocycles. The van der Waals surface area contributed by atoms with Crippen LogP contribution in [-0.2, 0) is 0 Å². The first-order valence-corrected chi connectivity index (χ1v) is 8.18. The number of nitrogens with zero attached hydrogens (tertiary/aromatic N) is 3. The number of Topliss-reactive ketones (excluding diaryl/α,β-unsaturated/α-hetero) is 1. The third-order valence-electron chi connectivity index (χ3n) is 3.89. The van der Waals surface area contributed by atoms with Crippen LogP contribution in [0.2, 0.25) is 5.15 Å². The number of hydrogen-bond donors (Lipinski definition) is 2. The van der Waals surface area contributed by atoms with Gasteiger partial charge in [0, 0.05) is 29.7 Å². The van der Waals surface area contributed by atoms with Gasteiger partial charge in [0.15, 0.2) is 0 Å². The molecule has 3 heterocycles. The molecule has 0 saturated carbocycles. The van der Waals surface area contributed by atoms with Crippen molar-refractivity contribution < 1.29 is 4.79 Å². The van der Waals surface area contributed by atoms with E-state index in [1.807, 2.05) is 19.1 Å². The number of aromatic nitrogens is 4. The maximum absolute atomic E-state index is 12.6. The van der Waals surface area contributed by atoms with Gasteiger partial charge in [-0.3, -0.25) is 9.78 Å². The number of hydrogen-bond acceptors (Lipinski definition) is 5. The fraction of sp³-hybridized carbons (Fsp3) is 0.167. The Balaban J connectivity index is 1.86. The molecule has 3 aromatic rings. The van der Waals surface area contributed by atoms with Gasteiger partial charge in [0.1, 0.15) is 11.0 Å². The van der Waals surface area contributed by atoms with Crippen LogP contribution in [0.3, 0.4) is 0 Å². The summed E-state index contributed by atoms with van der Waals surface area (Å²) in [5, 5.41) is 8.55. The molecule has 6 nitrogen and oxygen atoms in total. The number of nitrogens with one attached hydrogen (secondary N) is 2. The predicted octanol–water partition coefficient (Wildman–Crippen LogP) is 3.92. The summed E-state index contributed by atoms with van der Waals surface area (Å²) in [6.45, 7) is 1.91. The van der Waals surface area contributed by atoms with E-state index in [0.29, 0.717) is 17.8 Å². The van der Waals surface area contributed by atoms with Crippen LogP contribution in [0.15, 0.2) is 49.1 Å². The van der Waals surface area contributed by atoms with Crippen molar-refractivity contribution in [1.82, 2.24) is 19.9 Å². The summed E-state index contributed by atoms with van der Waals surface area (Å²) in [6, 6.07) is 6.78. The van der Waals surface area contributed by atoms with Gasteiger partial charge in [-0.05, 0) is 30.7 Å². The highest BCUT2D eigenvalue weighted by atomic mass is 35.5. The van der Waals surface area contributed by atoms with Crippen molar-refractivity contribution in [2.24, 2.45) is 0 Å². The summed E-state index contributed by atoms with van der Waals surface area (Å²) in [5.74, 6) is -0.222. The summed E-state index contributed by atoms with van der Waals surface area (Å²) < 4.78 is 0. The molecule has 0 amide bonds. The summed E-state index contributed by atoms with van der Waals surface area (Å²) in [7, 11) is 0. The third kappa shape index (κ3) is 3.64. The maximum Gasteiger partial charge on any atom is 0.207 e. The molecule has 0 aliphatic carbocycles. The van der Waals surface area contributed by atoms with Crippen molar-refractivity contribution >= 4 is 23.1 Å². The van der Waals surface area contributed by atoms with Gasteiger partial charge in [-0.2, -0.15) is 0 Å². The van der Waals surface area contributed by atoms with E-state index in [2.05, 4.69) is 19.9 Å². The van der Waals surface area contributed by atoms with Crippen LogP contribution in [0.25, 0.3) is 11.3 Å². The lowest BCUT2D eigenvalue weighted by molar-refractivity contribution is 0.106. The van der Waals surface area contributed by atoms with E-state index in [4.69, 9.17) is 17.0 Å². The number of halogens is 1. The Morgan fingerprint density at radius 2 is 2.12 bits per heavy atom. The van der Waals surface area contributed by atoms with Gasteiger partial charge < -0.3 is 10.4 Å². The standard InChI is InChI=1S/C18H16ClN5O/c1-2-13(16(20)17(25)11-5-7-22-15(19)8-11)18-23-10-14(24-18)12-4-3-6-21-9-12/h3-10,13,20H,2H2,1H3,(H,23,24). The van der Waals surface area contributed by atoms with E-state index in [0.717, 1.165) is 11.3 Å². The minimum Gasteiger partial charge on any atom is -0.341 e. The average Bonchev–Trinajstić information content (AvgIpc) is 3.12. The fourth-order valence-corrected chi connectivity index (χ4v) is 2.75. The average molecular weight is 354 g/mol. The molecule has 2 N–H and O–H groups in total. The molecule has 1 unspecified atom stereocenters. The van der Waals surface area contributed by atoms with Crippen LogP contribution in [0.1, 0.15) is 35.4 Å². The Labute approximate surface area is 149 Å². The molecule has 1 atom stereocenters. The van der Waals surface area contributed by atoms with Crippen molar-refractivity contribution in [3.8, 4) is 11.3 Å². The smallest absolute Gasteiger partial charge is 0.207 e. The molecular formula is C18H16ClN5O. The summed E-state index contributed by atoms with van der Waals surface area (Å²) in [5.41, 5.74) is 2.02. The minimum atomic E-state index is -0.426. The van der Waals surface area contributed by atoms with Gasteiger partial charge in [0.05, 0.1) is 23.5 Å². The van der Waals surface area contributed by atoms with Crippen molar-refractivity contribution in [3.63, 3.8) is 0 Å². The fourth-order valence-electron chi connectivity index (χ4n) is 2.57. The molecule has 0 spiro atoms. The molecule has 0 bridgehead atoms. The second-order valence-corrected chi connectivity index (χ2v) is 5.88. The van der Waals surface area contributed by atoms with Crippen molar-refractivity contribution in [2.75, 3.05) is 0 Å². The molecule has 7 heteroatoms. The molecule has 0 aliphatic heterocycles. The summed E-state index contributed by atoms with van der Waals surface area (Å²) in [6.07, 6.45) is 7.15. The molecule has 0 radical (unpaired) electrons. The van der Waals surface area contributed by atoms with Crippen LogP contribution in [0.4, 0.5) is 0 Å². The summed E-state index contributed by atoms with van der Waals surface area (Å²) >= 11 is 5.84. The Morgan fingerprint density at radius 3 is 2.80 bits per heavy atom. The molecule has 126 valence electrons. The van der Waals surface area contributed by atoms with E-state index < -0.39 is 5.92 Å². The number of carbonyl (C=O) groups excluding carboxylic acids is 1. The molecule has 25 heavy (non-hydrogen) atoms. The highest BCUT2D eigenvalue weighted by molar-refractivity contribution is 6.46. The quantitative estimate of drug-likeness (QED) is 0.399. The summed E-state index contributed by atoms with van der Waals surface area (Å²) in [4.78, 5) is 28.1. The molecule has 0 fully saturated rings. The monoisotopic (exact) mass is 353 g/mol. The molecule has 0 aromatic carbocycles. The zero-order chi connectivity index (χ0) is 17.8. The number of pyridine rings is 2. The first kappa shape index (κ1) is 17.0. The van der Waals surface area contributed by atoms with E-state index in [-0.39, 0.29) is 16.6 Å². The van der Waals surface area contributed by atoms with Gasteiger partial charge in [0.25, 0.3) is 0 Å². The number of imidazole rings is 1. The van der Waals surface area contributed by atoms with Gasteiger partial charge in [-0.15, -0.1) is 0 Å². The van der Waals surface area contributed by atoms with Crippen LogP contribution in [0.5, 0.6) is 0 Å². The number of rotatable bonds is 6. The topological polar surface area (TPSA) is 95.4 Å². The zero-order valence-corrected chi connectivity index (χ0v) is 14.3.